The standard InChI is InChI=1S/C16H16F4N2O3.C7H6ClF3N2/c17-10-2-1-7-22(9-10)11-3-4-13(12(8-11)15(24)25)21-14(23)5-6-16(18,19)20;8-4-5(3-1-2-3)12-13-6(4)7(9,10)11/h2-4,8H,1,5-7,9H2,(H,21,23)(H,24,25);3H,1-2H2,(H,12,13). The van der Waals surface area contributed by atoms with Gasteiger partial charge in [0.05, 0.1) is 34.9 Å². The summed E-state index contributed by atoms with van der Waals surface area (Å²) in [6, 6.07) is 4.05. The van der Waals surface area contributed by atoms with Gasteiger partial charge in [0, 0.05) is 24.6 Å². The van der Waals surface area contributed by atoms with Crippen molar-refractivity contribution in [3.63, 3.8) is 0 Å². The minimum atomic E-state index is -4.47. The average molecular weight is 571 g/mol. The fourth-order valence-electron chi connectivity index (χ4n) is 3.58. The summed E-state index contributed by atoms with van der Waals surface area (Å²) in [6.07, 6.45) is -7.32. The number of hydrogen-bond donors (Lipinski definition) is 3. The van der Waals surface area contributed by atoms with Crippen LogP contribution in [-0.4, -0.2) is 46.4 Å². The number of carboxylic acids is 1. The number of carbonyl (C=O) groups is 2. The monoisotopic (exact) mass is 570 g/mol. The molecule has 7 nitrogen and oxygen atoms in total. The highest BCUT2D eigenvalue weighted by Crippen LogP contribution is 2.45. The molecule has 1 aromatic heterocycles. The van der Waals surface area contributed by atoms with E-state index in [1.54, 1.807) is 4.90 Å². The second-order valence-corrected chi connectivity index (χ2v) is 9.01. The van der Waals surface area contributed by atoms with Crippen molar-refractivity contribution in [1.29, 1.82) is 0 Å². The van der Waals surface area contributed by atoms with Crippen LogP contribution in [0.25, 0.3) is 0 Å². The van der Waals surface area contributed by atoms with E-state index in [2.05, 4.69) is 15.5 Å². The number of rotatable bonds is 6. The highest BCUT2D eigenvalue weighted by Gasteiger charge is 2.40. The molecular formula is C23H22ClF7N4O3. The Morgan fingerprint density at radius 1 is 1.18 bits per heavy atom. The van der Waals surface area contributed by atoms with E-state index in [4.69, 9.17) is 11.6 Å². The molecule has 38 heavy (non-hydrogen) atoms. The number of aromatic nitrogens is 2. The van der Waals surface area contributed by atoms with E-state index in [9.17, 15) is 45.4 Å². The summed E-state index contributed by atoms with van der Waals surface area (Å²) in [6.45, 7) is 0.514. The predicted octanol–water partition coefficient (Wildman–Crippen LogP) is 6.69. The van der Waals surface area contributed by atoms with Crippen LogP contribution >= 0.6 is 11.6 Å². The van der Waals surface area contributed by atoms with Gasteiger partial charge in [0.15, 0.2) is 5.69 Å². The molecule has 0 atom stereocenters. The first kappa shape index (κ1) is 29.3. The molecule has 0 radical (unpaired) electrons. The smallest absolute Gasteiger partial charge is 0.436 e. The van der Waals surface area contributed by atoms with Gasteiger partial charge in [-0.25, -0.2) is 9.18 Å². The summed E-state index contributed by atoms with van der Waals surface area (Å²) in [7, 11) is 0. The zero-order valence-electron chi connectivity index (χ0n) is 19.5. The lowest BCUT2D eigenvalue weighted by atomic mass is 10.1. The third-order valence-corrected chi connectivity index (χ3v) is 5.98. The SMILES string of the molecule is FC(F)(F)c1n[nH]c(C2CC2)c1Cl.O=C(CCC(F)(F)F)Nc1ccc(N2CCC=C(F)C2)cc1C(=O)O. The molecule has 208 valence electrons. The maximum Gasteiger partial charge on any atom is 0.436 e. The number of anilines is 2. The molecule has 2 aliphatic rings. The molecule has 1 amide bonds. The molecule has 2 aromatic rings. The normalized spacial score (nSPS) is 15.9. The number of carbonyl (C=O) groups excluding carboxylic acids is 1. The molecule has 1 fully saturated rings. The van der Waals surface area contributed by atoms with Crippen LogP contribution < -0.4 is 10.2 Å². The van der Waals surface area contributed by atoms with Gasteiger partial charge >= 0.3 is 18.3 Å². The molecule has 0 unspecified atom stereocenters. The highest BCUT2D eigenvalue weighted by molar-refractivity contribution is 6.32. The van der Waals surface area contributed by atoms with Crippen LogP contribution in [-0.2, 0) is 11.0 Å². The van der Waals surface area contributed by atoms with E-state index in [1.807, 2.05) is 0 Å². The van der Waals surface area contributed by atoms with Gasteiger partial charge < -0.3 is 15.3 Å². The average Bonchev–Trinajstić information content (AvgIpc) is 3.58. The number of H-pyrrole nitrogens is 1. The number of nitrogens with zero attached hydrogens (tertiary/aromatic N) is 2. The Labute approximate surface area is 216 Å². The number of aromatic carboxylic acids is 1. The van der Waals surface area contributed by atoms with Gasteiger partial charge in [0.2, 0.25) is 5.91 Å². The summed E-state index contributed by atoms with van der Waals surface area (Å²) in [5.41, 5.74) is -0.497. The molecule has 3 N–H and O–H groups in total. The zero-order chi connectivity index (χ0) is 28.3. The lowest BCUT2D eigenvalue weighted by Crippen LogP contribution is -2.29. The van der Waals surface area contributed by atoms with Crippen molar-refractivity contribution in [3.8, 4) is 0 Å². The van der Waals surface area contributed by atoms with Gasteiger partial charge in [0.25, 0.3) is 0 Å². The predicted molar refractivity (Wildman–Crippen MR) is 124 cm³/mol. The Balaban J connectivity index is 0.000000256. The van der Waals surface area contributed by atoms with Gasteiger partial charge in [-0.3, -0.25) is 9.89 Å². The fraction of sp³-hybridized carbons (Fsp3) is 0.435. The summed E-state index contributed by atoms with van der Waals surface area (Å²) in [5.74, 6) is -2.45. The maximum atomic E-state index is 13.4. The highest BCUT2D eigenvalue weighted by atomic mass is 35.5. The van der Waals surface area contributed by atoms with Crippen LogP contribution in [0, 0.1) is 0 Å². The van der Waals surface area contributed by atoms with Crippen LogP contribution in [0.3, 0.4) is 0 Å². The first-order valence-electron chi connectivity index (χ1n) is 11.3. The Hall–Kier alpha value is -3.29. The summed E-state index contributed by atoms with van der Waals surface area (Å²) >= 11 is 5.53. The van der Waals surface area contributed by atoms with Gasteiger partial charge in [-0.1, -0.05) is 11.6 Å². The topological polar surface area (TPSA) is 98.3 Å². The number of amides is 1. The zero-order valence-corrected chi connectivity index (χ0v) is 20.3. The van der Waals surface area contributed by atoms with Gasteiger partial charge in [-0.05, 0) is 43.5 Å². The van der Waals surface area contributed by atoms with E-state index < -0.39 is 42.8 Å². The maximum absolute atomic E-state index is 13.4. The van der Waals surface area contributed by atoms with Crippen molar-refractivity contribution < 1.29 is 45.4 Å². The molecule has 4 rings (SSSR count). The molecule has 1 aromatic carbocycles. The number of benzene rings is 1. The molecule has 0 saturated heterocycles. The Morgan fingerprint density at radius 3 is 2.39 bits per heavy atom. The molecule has 1 saturated carbocycles. The van der Waals surface area contributed by atoms with Crippen molar-refractivity contribution in [2.75, 3.05) is 23.3 Å². The summed E-state index contributed by atoms with van der Waals surface area (Å²) < 4.78 is 86.3. The number of halogens is 8. The van der Waals surface area contributed by atoms with E-state index >= 15 is 0 Å². The van der Waals surface area contributed by atoms with Crippen molar-refractivity contribution in [2.45, 2.75) is 50.4 Å². The molecule has 1 aliphatic heterocycles. The van der Waals surface area contributed by atoms with Crippen LogP contribution in [0.15, 0.2) is 30.1 Å². The Kier molecular flexibility index (Phi) is 8.95. The number of carboxylic acid groups (broad SMARTS) is 1. The van der Waals surface area contributed by atoms with E-state index in [-0.39, 0.29) is 34.6 Å². The van der Waals surface area contributed by atoms with Crippen molar-refractivity contribution in [3.05, 3.63) is 52.1 Å². The van der Waals surface area contributed by atoms with E-state index in [0.29, 0.717) is 24.3 Å². The molecule has 15 heteroatoms. The third-order valence-electron chi connectivity index (χ3n) is 5.60. The lowest BCUT2D eigenvalue weighted by molar-refractivity contribution is -0.142. The largest absolute Gasteiger partial charge is 0.478 e. The van der Waals surface area contributed by atoms with Crippen LogP contribution in [0.2, 0.25) is 5.02 Å². The Morgan fingerprint density at radius 2 is 1.87 bits per heavy atom. The molecule has 0 bridgehead atoms. The van der Waals surface area contributed by atoms with Crippen LogP contribution in [0.5, 0.6) is 0 Å². The fourth-order valence-corrected chi connectivity index (χ4v) is 3.92. The molecular weight excluding hydrogens is 549 g/mol. The van der Waals surface area contributed by atoms with Gasteiger partial charge in [-0.15, -0.1) is 0 Å². The summed E-state index contributed by atoms with van der Waals surface area (Å²) in [5, 5.41) is 16.7. The molecule has 0 spiro atoms. The quantitative estimate of drug-likeness (QED) is 0.336. The second kappa shape index (κ2) is 11.6. The van der Waals surface area contributed by atoms with Crippen molar-refractivity contribution >= 4 is 34.9 Å². The molecule has 1 aliphatic carbocycles. The first-order chi connectivity index (χ1) is 17.7. The second-order valence-electron chi connectivity index (χ2n) is 8.63. The summed E-state index contributed by atoms with van der Waals surface area (Å²) in [4.78, 5) is 24.6. The number of aromatic amines is 1. The number of hydrogen-bond acceptors (Lipinski definition) is 4. The minimum absolute atomic E-state index is 0.0103. The van der Waals surface area contributed by atoms with E-state index in [1.165, 1.54) is 24.3 Å². The minimum Gasteiger partial charge on any atom is -0.478 e. The van der Waals surface area contributed by atoms with Gasteiger partial charge in [-0.2, -0.15) is 31.4 Å². The Bertz CT molecular complexity index is 1210. The van der Waals surface area contributed by atoms with Crippen LogP contribution in [0.1, 0.15) is 59.8 Å². The van der Waals surface area contributed by atoms with Crippen molar-refractivity contribution in [2.24, 2.45) is 0 Å². The lowest BCUT2D eigenvalue weighted by Gasteiger charge is -2.27. The number of alkyl halides is 6. The molecule has 2 heterocycles. The third kappa shape index (κ3) is 8.10. The van der Waals surface area contributed by atoms with Gasteiger partial charge in [0.1, 0.15) is 5.83 Å². The van der Waals surface area contributed by atoms with Crippen molar-refractivity contribution in [1.82, 2.24) is 10.2 Å². The first-order valence-corrected chi connectivity index (χ1v) is 11.7. The van der Waals surface area contributed by atoms with E-state index in [0.717, 1.165) is 12.8 Å². The number of nitrogens with one attached hydrogen (secondary N) is 2. The van der Waals surface area contributed by atoms with Crippen LogP contribution in [0.4, 0.5) is 42.1 Å².